The fourth-order valence-corrected chi connectivity index (χ4v) is 1.62. The predicted molar refractivity (Wildman–Crippen MR) is 61.7 cm³/mol. The van der Waals surface area contributed by atoms with Crippen LogP contribution in [0.15, 0.2) is 35.1 Å². The Balaban J connectivity index is 2.45. The Morgan fingerprint density at radius 3 is 2.60 bits per heavy atom. The monoisotopic (exact) mass is 266 g/mol. The van der Waals surface area contributed by atoms with E-state index in [-0.39, 0.29) is 6.04 Å². The zero-order valence-corrected chi connectivity index (χ0v) is 9.85. The second-order valence-corrected chi connectivity index (χ2v) is 4.24. The van der Waals surface area contributed by atoms with E-state index in [9.17, 15) is 0 Å². The zero-order valence-electron chi connectivity index (χ0n) is 8.26. The molecule has 0 saturated heterocycles. The Labute approximate surface area is 96.3 Å². The molecule has 4 nitrogen and oxygen atoms in total. The summed E-state index contributed by atoms with van der Waals surface area (Å²) in [5.41, 5.74) is 6.80. The molecule has 2 rings (SSSR count). The van der Waals surface area contributed by atoms with Crippen molar-refractivity contribution >= 4 is 15.9 Å². The molecule has 0 aliphatic carbocycles. The summed E-state index contributed by atoms with van der Waals surface area (Å²) in [6, 6.07) is 7.79. The molecule has 1 aromatic heterocycles. The Kier molecular flexibility index (Phi) is 2.83. The summed E-state index contributed by atoms with van der Waals surface area (Å²) in [6.07, 6.45) is 1.67. The number of benzene rings is 1. The van der Waals surface area contributed by atoms with Crippen LogP contribution < -0.4 is 5.73 Å². The van der Waals surface area contributed by atoms with Crippen LogP contribution in [0.3, 0.4) is 0 Å². The van der Waals surface area contributed by atoms with Crippen molar-refractivity contribution in [3.63, 3.8) is 0 Å². The van der Waals surface area contributed by atoms with Gasteiger partial charge in [0.05, 0.1) is 6.04 Å². The molecule has 0 fully saturated rings. The van der Waals surface area contributed by atoms with Crippen molar-refractivity contribution in [1.82, 2.24) is 14.8 Å². The van der Waals surface area contributed by atoms with Gasteiger partial charge in [-0.25, -0.2) is 0 Å². The highest BCUT2D eigenvalue weighted by atomic mass is 79.9. The van der Waals surface area contributed by atoms with Crippen LogP contribution in [0.25, 0.3) is 5.69 Å². The minimum atomic E-state index is -0.129. The average molecular weight is 267 g/mol. The molecule has 2 aromatic rings. The Morgan fingerprint density at radius 2 is 2.00 bits per heavy atom. The van der Waals surface area contributed by atoms with E-state index < -0.39 is 0 Å². The van der Waals surface area contributed by atoms with Gasteiger partial charge >= 0.3 is 0 Å². The average Bonchev–Trinajstić information content (AvgIpc) is 2.67. The number of hydrogen-bond donors (Lipinski definition) is 1. The van der Waals surface area contributed by atoms with Crippen molar-refractivity contribution in [2.24, 2.45) is 5.73 Å². The highest BCUT2D eigenvalue weighted by Gasteiger charge is 2.09. The maximum Gasteiger partial charge on any atom is 0.154 e. The van der Waals surface area contributed by atoms with Crippen LogP contribution >= 0.6 is 15.9 Å². The first-order valence-electron chi connectivity index (χ1n) is 4.60. The molecule has 0 saturated carbocycles. The van der Waals surface area contributed by atoms with Gasteiger partial charge in [0.15, 0.2) is 5.82 Å². The van der Waals surface area contributed by atoms with E-state index in [1.165, 1.54) is 0 Å². The summed E-state index contributed by atoms with van der Waals surface area (Å²) in [7, 11) is 0. The number of nitrogens with two attached hydrogens (primary N) is 1. The first kappa shape index (κ1) is 10.3. The molecule has 1 heterocycles. The van der Waals surface area contributed by atoms with Gasteiger partial charge in [-0.05, 0) is 31.2 Å². The largest absolute Gasteiger partial charge is 0.322 e. The van der Waals surface area contributed by atoms with Crippen LogP contribution in [0.2, 0.25) is 0 Å². The molecule has 0 aliphatic rings. The molecular weight excluding hydrogens is 256 g/mol. The third-order valence-electron chi connectivity index (χ3n) is 2.09. The van der Waals surface area contributed by atoms with Gasteiger partial charge in [-0.15, -0.1) is 10.2 Å². The second kappa shape index (κ2) is 4.12. The standard InChI is InChI=1S/C10H11BrN4/c1-7(12)10-14-13-6-15(10)9-4-2-8(11)3-5-9/h2-7H,12H2,1H3. The summed E-state index contributed by atoms with van der Waals surface area (Å²) < 4.78 is 2.93. The van der Waals surface area contributed by atoms with Crippen molar-refractivity contribution < 1.29 is 0 Å². The maximum absolute atomic E-state index is 5.79. The van der Waals surface area contributed by atoms with Gasteiger partial charge in [0, 0.05) is 10.2 Å². The Hall–Kier alpha value is -1.20. The van der Waals surface area contributed by atoms with Crippen molar-refractivity contribution in [2.45, 2.75) is 13.0 Å². The number of halogens is 1. The van der Waals surface area contributed by atoms with Gasteiger partial charge in [-0.3, -0.25) is 4.57 Å². The van der Waals surface area contributed by atoms with Crippen LogP contribution in [0, 0.1) is 0 Å². The van der Waals surface area contributed by atoms with E-state index in [1.807, 2.05) is 35.8 Å². The summed E-state index contributed by atoms with van der Waals surface area (Å²) in [6.45, 7) is 1.89. The zero-order chi connectivity index (χ0) is 10.8. The first-order valence-corrected chi connectivity index (χ1v) is 5.39. The molecule has 5 heteroatoms. The van der Waals surface area contributed by atoms with Crippen LogP contribution in [0.5, 0.6) is 0 Å². The maximum atomic E-state index is 5.79. The van der Waals surface area contributed by atoms with E-state index in [4.69, 9.17) is 5.73 Å². The molecule has 15 heavy (non-hydrogen) atoms. The third-order valence-corrected chi connectivity index (χ3v) is 2.61. The molecule has 78 valence electrons. The minimum absolute atomic E-state index is 0.129. The van der Waals surface area contributed by atoms with Gasteiger partial charge in [-0.2, -0.15) is 0 Å². The van der Waals surface area contributed by atoms with Crippen molar-refractivity contribution in [2.75, 3.05) is 0 Å². The molecule has 0 bridgehead atoms. The van der Waals surface area contributed by atoms with E-state index in [0.29, 0.717) is 0 Å². The first-order chi connectivity index (χ1) is 7.18. The lowest BCUT2D eigenvalue weighted by atomic mass is 10.3. The number of aromatic nitrogens is 3. The topological polar surface area (TPSA) is 56.7 Å². The minimum Gasteiger partial charge on any atom is -0.322 e. The van der Waals surface area contributed by atoms with E-state index in [0.717, 1.165) is 16.0 Å². The van der Waals surface area contributed by atoms with Crippen LogP contribution in [-0.4, -0.2) is 14.8 Å². The van der Waals surface area contributed by atoms with Crippen LogP contribution in [0.1, 0.15) is 18.8 Å². The van der Waals surface area contributed by atoms with Crippen molar-refractivity contribution in [3.05, 3.63) is 40.9 Å². The van der Waals surface area contributed by atoms with Crippen molar-refractivity contribution in [3.8, 4) is 5.69 Å². The number of rotatable bonds is 2. The van der Waals surface area contributed by atoms with Gasteiger partial charge < -0.3 is 5.73 Å². The molecule has 0 amide bonds. The van der Waals surface area contributed by atoms with Gasteiger partial charge in [0.2, 0.25) is 0 Å². The highest BCUT2D eigenvalue weighted by molar-refractivity contribution is 9.10. The number of nitrogens with zero attached hydrogens (tertiary/aromatic N) is 3. The van der Waals surface area contributed by atoms with E-state index in [1.54, 1.807) is 6.33 Å². The van der Waals surface area contributed by atoms with Gasteiger partial charge in [-0.1, -0.05) is 15.9 Å². The summed E-state index contributed by atoms with van der Waals surface area (Å²) >= 11 is 3.39. The summed E-state index contributed by atoms with van der Waals surface area (Å²) in [5, 5.41) is 7.85. The quantitative estimate of drug-likeness (QED) is 0.905. The van der Waals surface area contributed by atoms with Crippen LogP contribution in [0.4, 0.5) is 0 Å². The second-order valence-electron chi connectivity index (χ2n) is 3.32. The SMILES string of the molecule is CC(N)c1nncn1-c1ccc(Br)cc1. The lowest BCUT2D eigenvalue weighted by molar-refractivity contribution is 0.715. The van der Waals surface area contributed by atoms with Crippen LogP contribution in [-0.2, 0) is 0 Å². The normalized spacial score (nSPS) is 12.7. The summed E-state index contributed by atoms with van der Waals surface area (Å²) in [5.74, 6) is 0.761. The fourth-order valence-electron chi connectivity index (χ4n) is 1.36. The molecule has 2 N–H and O–H groups in total. The lowest BCUT2D eigenvalue weighted by Crippen LogP contribution is -2.12. The van der Waals surface area contributed by atoms with Crippen molar-refractivity contribution in [1.29, 1.82) is 0 Å². The number of hydrogen-bond acceptors (Lipinski definition) is 3. The molecule has 1 aromatic carbocycles. The fraction of sp³-hybridized carbons (Fsp3) is 0.200. The third kappa shape index (κ3) is 2.08. The van der Waals surface area contributed by atoms with Gasteiger partial charge in [0.25, 0.3) is 0 Å². The van der Waals surface area contributed by atoms with E-state index in [2.05, 4.69) is 26.1 Å². The Morgan fingerprint density at radius 1 is 1.33 bits per heavy atom. The summed E-state index contributed by atoms with van der Waals surface area (Å²) in [4.78, 5) is 0. The molecule has 0 spiro atoms. The lowest BCUT2D eigenvalue weighted by Gasteiger charge is -2.08. The van der Waals surface area contributed by atoms with Gasteiger partial charge in [0.1, 0.15) is 6.33 Å². The Bertz CT molecular complexity index is 447. The highest BCUT2D eigenvalue weighted by Crippen LogP contribution is 2.16. The van der Waals surface area contributed by atoms with E-state index >= 15 is 0 Å². The molecule has 1 atom stereocenters. The molecule has 0 aliphatic heterocycles. The molecular formula is C10H11BrN4. The smallest absolute Gasteiger partial charge is 0.154 e. The molecule has 0 radical (unpaired) electrons. The molecule has 1 unspecified atom stereocenters. The predicted octanol–water partition coefficient (Wildman–Crippen LogP) is 2.05.